The Labute approximate surface area is 168 Å². The Morgan fingerprint density at radius 1 is 0.966 bits per heavy atom. The number of carbonyl (C=O) groups excluding carboxylic acids is 2. The Hall–Kier alpha value is -3.87. The molecule has 0 spiro atoms. The van der Waals surface area contributed by atoms with E-state index in [2.05, 4.69) is 15.6 Å². The van der Waals surface area contributed by atoms with Crippen molar-refractivity contribution in [3.05, 3.63) is 78.0 Å². The van der Waals surface area contributed by atoms with Crippen molar-refractivity contribution in [3.63, 3.8) is 0 Å². The molecule has 2 N–H and O–H groups in total. The zero-order chi connectivity index (χ0) is 20.6. The highest BCUT2D eigenvalue weighted by atomic mass is 16.5. The van der Waals surface area contributed by atoms with Gasteiger partial charge in [0.1, 0.15) is 11.6 Å². The minimum absolute atomic E-state index is 0.301. The highest BCUT2D eigenvalue weighted by molar-refractivity contribution is 6.05. The van der Waals surface area contributed by atoms with Crippen LogP contribution in [-0.2, 0) is 4.74 Å². The summed E-state index contributed by atoms with van der Waals surface area (Å²) < 4.78 is 10.2. The van der Waals surface area contributed by atoms with Gasteiger partial charge in [-0.3, -0.25) is 4.79 Å². The quantitative estimate of drug-likeness (QED) is 0.585. The minimum Gasteiger partial charge on any atom is -0.496 e. The van der Waals surface area contributed by atoms with Crippen molar-refractivity contribution < 1.29 is 19.1 Å². The van der Waals surface area contributed by atoms with Gasteiger partial charge in [0.05, 0.1) is 36.7 Å². The molecule has 1 aromatic heterocycles. The van der Waals surface area contributed by atoms with Gasteiger partial charge >= 0.3 is 5.97 Å². The van der Waals surface area contributed by atoms with E-state index >= 15 is 0 Å². The van der Waals surface area contributed by atoms with Gasteiger partial charge in [0.2, 0.25) is 0 Å². The first kappa shape index (κ1) is 19.9. The second kappa shape index (κ2) is 9.36. The number of amides is 1. The molecule has 3 rings (SSSR count). The molecule has 0 saturated heterocycles. The Kier molecular flexibility index (Phi) is 6.42. The van der Waals surface area contributed by atoms with E-state index in [4.69, 9.17) is 9.47 Å². The number of methoxy groups -OCH3 is 1. The first-order valence-electron chi connectivity index (χ1n) is 9.05. The largest absolute Gasteiger partial charge is 0.496 e. The van der Waals surface area contributed by atoms with Gasteiger partial charge in [-0.15, -0.1) is 0 Å². The third-order valence-electron chi connectivity index (χ3n) is 4.04. The van der Waals surface area contributed by atoms with Crippen LogP contribution in [0.3, 0.4) is 0 Å². The number of esters is 1. The summed E-state index contributed by atoms with van der Waals surface area (Å²) in [6, 6.07) is 17.4. The third kappa shape index (κ3) is 5.10. The molecule has 148 valence electrons. The molecule has 0 aliphatic rings. The number of nitrogens with zero attached hydrogens (tertiary/aromatic N) is 1. The van der Waals surface area contributed by atoms with Crippen LogP contribution in [0.1, 0.15) is 27.6 Å². The Bertz CT molecular complexity index is 986. The lowest BCUT2D eigenvalue weighted by Crippen LogP contribution is -2.14. The predicted octanol–water partition coefficient (Wildman–Crippen LogP) is 4.26. The number of para-hydroxylation sites is 1. The van der Waals surface area contributed by atoms with Crippen LogP contribution in [-0.4, -0.2) is 30.6 Å². The van der Waals surface area contributed by atoms with E-state index in [0.29, 0.717) is 29.3 Å². The lowest BCUT2D eigenvalue weighted by Gasteiger charge is -2.10. The average molecular weight is 391 g/mol. The van der Waals surface area contributed by atoms with Crippen molar-refractivity contribution in [1.82, 2.24) is 4.98 Å². The molecular weight excluding hydrogens is 370 g/mol. The van der Waals surface area contributed by atoms with E-state index in [1.165, 1.54) is 7.11 Å². The fourth-order valence-corrected chi connectivity index (χ4v) is 2.63. The molecule has 0 saturated carbocycles. The summed E-state index contributed by atoms with van der Waals surface area (Å²) in [6.45, 7) is 2.10. The third-order valence-corrected chi connectivity index (χ3v) is 4.04. The van der Waals surface area contributed by atoms with Gasteiger partial charge in [-0.2, -0.15) is 0 Å². The van der Waals surface area contributed by atoms with E-state index in [9.17, 15) is 9.59 Å². The number of hydrogen-bond acceptors (Lipinski definition) is 6. The molecule has 0 fully saturated rings. The Morgan fingerprint density at radius 2 is 1.69 bits per heavy atom. The molecule has 7 nitrogen and oxygen atoms in total. The number of aromatic nitrogens is 1. The van der Waals surface area contributed by atoms with Gasteiger partial charge in [0.25, 0.3) is 5.91 Å². The van der Waals surface area contributed by atoms with E-state index in [-0.39, 0.29) is 11.9 Å². The van der Waals surface area contributed by atoms with E-state index in [0.717, 1.165) is 11.4 Å². The van der Waals surface area contributed by atoms with Gasteiger partial charge in [0.15, 0.2) is 0 Å². The molecule has 2 aromatic carbocycles. The molecule has 0 bridgehead atoms. The molecule has 7 heteroatoms. The number of anilines is 3. The summed E-state index contributed by atoms with van der Waals surface area (Å²) >= 11 is 0. The van der Waals surface area contributed by atoms with Crippen molar-refractivity contribution in [2.45, 2.75) is 6.92 Å². The van der Waals surface area contributed by atoms with Crippen molar-refractivity contribution in [3.8, 4) is 5.75 Å². The van der Waals surface area contributed by atoms with Crippen LogP contribution >= 0.6 is 0 Å². The maximum atomic E-state index is 12.4. The van der Waals surface area contributed by atoms with Crippen molar-refractivity contribution >= 4 is 29.1 Å². The molecule has 0 aliphatic heterocycles. The standard InChI is InChI=1S/C22H21N3O4/c1-3-29-22(27)15-8-10-16(11-9-15)24-17-12-13-20(23-14-17)25-21(26)18-6-4-5-7-19(18)28-2/h4-14,24H,3H2,1-2H3,(H,23,25,26). The Morgan fingerprint density at radius 3 is 2.34 bits per heavy atom. The zero-order valence-electron chi connectivity index (χ0n) is 16.1. The predicted molar refractivity (Wildman–Crippen MR) is 111 cm³/mol. The van der Waals surface area contributed by atoms with Crippen molar-refractivity contribution in [1.29, 1.82) is 0 Å². The summed E-state index contributed by atoms with van der Waals surface area (Å²) in [6.07, 6.45) is 1.61. The monoisotopic (exact) mass is 391 g/mol. The number of pyridine rings is 1. The molecule has 3 aromatic rings. The van der Waals surface area contributed by atoms with Crippen molar-refractivity contribution in [2.75, 3.05) is 24.4 Å². The second-order valence-corrected chi connectivity index (χ2v) is 6.01. The van der Waals surface area contributed by atoms with Crippen LogP contribution in [0.2, 0.25) is 0 Å². The SMILES string of the molecule is CCOC(=O)c1ccc(Nc2ccc(NC(=O)c3ccccc3OC)nc2)cc1. The lowest BCUT2D eigenvalue weighted by atomic mass is 10.2. The minimum atomic E-state index is -0.351. The summed E-state index contributed by atoms with van der Waals surface area (Å²) in [7, 11) is 1.52. The van der Waals surface area contributed by atoms with Crippen LogP contribution in [0.4, 0.5) is 17.2 Å². The number of nitrogens with one attached hydrogen (secondary N) is 2. The number of ether oxygens (including phenoxy) is 2. The normalized spacial score (nSPS) is 10.1. The van der Waals surface area contributed by atoms with Crippen LogP contribution in [0, 0.1) is 0 Å². The second-order valence-electron chi connectivity index (χ2n) is 6.01. The van der Waals surface area contributed by atoms with E-state index in [1.807, 2.05) is 0 Å². The summed E-state index contributed by atoms with van der Waals surface area (Å²) in [5.41, 5.74) is 2.46. The van der Waals surface area contributed by atoms with Gasteiger partial charge in [-0.1, -0.05) is 12.1 Å². The molecule has 0 unspecified atom stereocenters. The smallest absolute Gasteiger partial charge is 0.338 e. The highest BCUT2D eigenvalue weighted by Gasteiger charge is 2.12. The fourth-order valence-electron chi connectivity index (χ4n) is 2.63. The Balaban J connectivity index is 1.63. The molecule has 0 aliphatic carbocycles. The van der Waals surface area contributed by atoms with Crippen LogP contribution in [0.15, 0.2) is 66.9 Å². The highest BCUT2D eigenvalue weighted by Crippen LogP contribution is 2.20. The summed E-state index contributed by atoms with van der Waals surface area (Å²) in [5.74, 6) is 0.264. The van der Waals surface area contributed by atoms with Gasteiger partial charge in [-0.25, -0.2) is 9.78 Å². The molecule has 0 atom stereocenters. The molecule has 1 heterocycles. The number of hydrogen-bond donors (Lipinski definition) is 2. The van der Waals surface area contributed by atoms with Gasteiger partial charge < -0.3 is 20.1 Å². The molecule has 1 amide bonds. The van der Waals surface area contributed by atoms with Crippen LogP contribution in [0.25, 0.3) is 0 Å². The molecule has 0 radical (unpaired) electrons. The summed E-state index contributed by atoms with van der Waals surface area (Å²) in [5, 5.41) is 5.93. The zero-order valence-corrected chi connectivity index (χ0v) is 16.1. The van der Waals surface area contributed by atoms with Crippen LogP contribution < -0.4 is 15.4 Å². The van der Waals surface area contributed by atoms with Gasteiger partial charge in [0, 0.05) is 5.69 Å². The molecule has 29 heavy (non-hydrogen) atoms. The van der Waals surface area contributed by atoms with Crippen molar-refractivity contribution in [2.24, 2.45) is 0 Å². The topological polar surface area (TPSA) is 89.6 Å². The number of carbonyl (C=O) groups is 2. The van der Waals surface area contributed by atoms with E-state index < -0.39 is 0 Å². The van der Waals surface area contributed by atoms with Gasteiger partial charge in [-0.05, 0) is 55.5 Å². The van der Waals surface area contributed by atoms with E-state index in [1.54, 1.807) is 73.8 Å². The summed E-state index contributed by atoms with van der Waals surface area (Å²) in [4.78, 5) is 28.4. The number of benzene rings is 2. The fraction of sp³-hybridized carbons (Fsp3) is 0.136. The first-order valence-corrected chi connectivity index (χ1v) is 9.05. The maximum Gasteiger partial charge on any atom is 0.338 e. The number of rotatable bonds is 7. The first-order chi connectivity index (χ1) is 14.1. The average Bonchev–Trinajstić information content (AvgIpc) is 2.75. The lowest BCUT2D eigenvalue weighted by molar-refractivity contribution is 0.0526. The maximum absolute atomic E-state index is 12.4. The van der Waals surface area contributed by atoms with Crippen LogP contribution in [0.5, 0.6) is 5.75 Å². The molecular formula is C22H21N3O4.